The summed E-state index contributed by atoms with van der Waals surface area (Å²) in [6.07, 6.45) is 7.96. The molecular weight excluding hydrogens is 274 g/mol. The lowest BCUT2D eigenvalue weighted by Gasteiger charge is -2.03. The van der Waals surface area contributed by atoms with Crippen molar-refractivity contribution in [2.75, 3.05) is 6.54 Å². The Bertz CT molecular complexity index is 699. The topological polar surface area (TPSA) is 47.7 Å². The number of rotatable bonds is 7. The molecule has 0 saturated carbocycles. The normalized spacial score (nSPS) is 11.0. The third kappa shape index (κ3) is 4.05. The summed E-state index contributed by atoms with van der Waals surface area (Å²) >= 11 is 0. The van der Waals surface area contributed by atoms with Gasteiger partial charge in [-0.3, -0.25) is 9.36 Å². The number of hydrogen-bond donors (Lipinski definition) is 1. The molecule has 1 aromatic carbocycles. The lowest BCUT2D eigenvalue weighted by molar-refractivity contribution is 0.554. The molecule has 0 fully saturated rings. The molecule has 0 aliphatic rings. The van der Waals surface area contributed by atoms with E-state index in [0.717, 1.165) is 26.2 Å². The number of nitrogens with zero attached hydrogens (tertiary/aromatic N) is 4. The smallest absolute Gasteiger partial charge is 0.0659 e. The Balaban J connectivity index is 1.43. The number of aromatic nitrogens is 4. The Labute approximate surface area is 130 Å². The van der Waals surface area contributed by atoms with Gasteiger partial charge in [0.15, 0.2) is 0 Å². The first-order valence-corrected chi connectivity index (χ1v) is 7.54. The molecule has 0 aliphatic carbocycles. The molecule has 22 heavy (non-hydrogen) atoms. The van der Waals surface area contributed by atoms with Gasteiger partial charge in [0.25, 0.3) is 0 Å². The van der Waals surface area contributed by atoms with Crippen LogP contribution < -0.4 is 5.32 Å². The Hall–Kier alpha value is -2.40. The molecule has 2 aromatic heterocycles. The quantitative estimate of drug-likeness (QED) is 0.680. The first kappa shape index (κ1) is 14.5. The van der Waals surface area contributed by atoms with E-state index in [9.17, 15) is 0 Å². The summed E-state index contributed by atoms with van der Waals surface area (Å²) in [6.45, 7) is 5.47. The van der Waals surface area contributed by atoms with Crippen molar-refractivity contribution in [3.05, 3.63) is 71.8 Å². The highest BCUT2D eigenvalue weighted by atomic mass is 15.3. The van der Waals surface area contributed by atoms with E-state index in [4.69, 9.17) is 0 Å². The minimum absolute atomic E-state index is 0.813. The van der Waals surface area contributed by atoms with E-state index in [1.165, 1.54) is 16.7 Å². The van der Waals surface area contributed by atoms with Crippen LogP contribution in [-0.4, -0.2) is 26.1 Å². The van der Waals surface area contributed by atoms with Gasteiger partial charge in [0.05, 0.1) is 25.5 Å². The highest BCUT2D eigenvalue weighted by molar-refractivity contribution is 5.15. The number of nitrogens with one attached hydrogen (secondary N) is 1. The molecule has 0 saturated heterocycles. The van der Waals surface area contributed by atoms with Gasteiger partial charge in [0.2, 0.25) is 0 Å². The third-order valence-electron chi connectivity index (χ3n) is 3.48. The van der Waals surface area contributed by atoms with Crippen molar-refractivity contribution in [1.82, 2.24) is 24.9 Å². The van der Waals surface area contributed by atoms with Crippen LogP contribution in [0.25, 0.3) is 0 Å². The molecule has 2 heterocycles. The Morgan fingerprint density at radius 2 is 1.77 bits per heavy atom. The van der Waals surface area contributed by atoms with Crippen LogP contribution in [-0.2, 0) is 19.6 Å². The lowest BCUT2D eigenvalue weighted by Crippen LogP contribution is -2.19. The molecule has 0 radical (unpaired) electrons. The monoisotopic (exact) mass is 295 g/mol. The van der Waals surface area contributed by atoms with E-state index >= 15 is 0 Å². The van der Waals surface area contributed by atoms with Crippen LogP contribution in [0.1, 0.15) is 16.7 Å². The first-order chi connectivity index (χ1) is 10.8. The summed E-state index contributed by atoms with van der Waals surface area (Å²) in [7, 11) is 0. The molecule has 3 aromatic rings. The molecule has 0 spiro atoms. The van der Waals surface area contributed by atoms with Crippen LogP contribution in [0.5, 0.6) is 0 Å². The zero-order valence-corrected chi connectivity index (χ0v) is 12.8. The van der Waals surface area contributed by atoms with Crippen LogP contribution in [0.2, 0.25) is 0 Å². The van der Waals surface area contributed by atoms with Gasteiger partial charge in [-0.2, -0.15) is 10.2 Å². The largest absolute Gasteiger partial charge is 0.311 e. The minimum Gasteiger partial charge on any atom is -0.311 e. The highest BCUT2D eigenvalue weighted by Crippen LogP contribution is 2.03. The van der Waals surface area contributed by atoms with Gasteiger partial charge in [-0.05, 0) is 18.1 Å². The predicted octanol–water partition coefficient (Wildman–Crippen LogP) is 2.23. The standard InChI is InChI=1S/C17H21N5/c1-15-9-19-21(12-15)8-7-18-10-17-11-20-22(14-17)13-16-5-3-2-4-6-16/h2-6,9,11-12,14,18H,7-8,10,13H2,1H3. The van der Waals surface area contributed by atoms with Crippen molar-refractivity contribution in [2.24, 2.45) is 0 Å². The van der Waals surface area contributed by atoms with Crippen LogP contribution in [0.15, 0.2) is 55.1 Å². The van der Waals surface area contributed by atoms with E-state index in [0.29, 0.717) is 0 Å². The summed E-state index contributed by atoms with van der Waals surface area (Å²) in [6, 6.07) is 10.4. The van der Waals surface area contributed by atoms with E-state index in [1.807, 2.05) is 27.8 Å². The maximum atomic E-state index is 4.41. The molecule has 0 atom stereocenters. The van der Waals surface area contributed by atoms with E-state index in [2.05, 4.69) is 59.1 Å². The predicted molar refractivity (Wildman–Crippen MR) is 86.4 cm³/mol. The first-order valence-electron chi connectivity index (χ1n) is 7.54. The van der Waals surface area contributed by atoms with Crippen LogP contribution in [0.3, 0.4) is 0 Å². The fourth-order valence-electron chi connectivity index (χ4n) is 2.37. The van der Waals surface area contributed by atoms with Crippen molar-refractivity contribution in [3.63, 3.8) is 0 Å². The fraction of sp³-hybridized carbons (Fsp3) is 0.294. The molecule has 114 valence electrons. The number of hydrogen-bond acceptors (Lipinski definition) is 3. The fourth-order valence-corrected chi connectivity index (χ4v) is 2.37. The second-order valence-corrected chi connectivity index (χ2v) is 5.49. The van der Waals surface area contributed by atoms with Gasteiger partial charge in [0, 0.05) is 31.0 Å². The number of benzene rings is 1. The van der Waals surface area contributed by atoms with Crippen molar-refractivity contribution in [3.8, 4) is 0 Å². The van der Waals surface area contributed by atoms with Gasteiger partial charge in [0.1, 0.15) is 0 Å². The summed E-state index contributed by atoms with van der Waals surface area (Å²) in [5.74, 6) is 0. The zero-order chi connectivity index (χ0) is 15.2. The van der Waals surface area contributed by atoms with Gasteiger partial charge in [-0.15, -0.1) is 0 Å². The van der Waals surface area contributed by atoms with E-state index < -0.39 is 0 Å². The van der Waals surface area contributed by atoms with Crippen molar-refractivity contribution in [2.45, 2.75) is 26.6 Å². The molecule has 0 bridgehead atoms. The Kier molecular flexibility index (Phi) is 4.65. The second-order valence-electron chi connectivity index (χ2n) is 5.49. The summed E-state index contributed by atoms with van der Waals surface area (Å²) in [5, 5.41) is 12.1. The molecule has 0 aliphatic heterocycles. The van der Waals surface area contributed by atoms with Crippen LogP contribution in [0, 0.1) is 6.92 Å². The molecule has 0 amide bonds. The zero-order valence-electron chi connectivity index (χ0n) is 12.8. The van der Waals surface area contributed by atoms with Crippen molar-refractivity contribution in [1.29, 1.82) is 0 Å². The molecule has 5 heteroatoms. The maximum absolute atomic E-state index is 4.41. The average molecular weight is 295 g/mol. The molecule has 1 N–H and O–H groups in total. The molecular formula is C17H21N5. The average Bonchev–Trinajstić information content (AvgIpc) is 3.14. The highest BCUT2D eigenvalue weighted by Gasteiger charge is 2.00. The lowest BCUT2D eigenvalue weighted by atomic mass is 10.2. The Morgan fingerprint density at radius 1 is 0.955 bits per heavy atom. The summed E-state index contributed by atoms with van der Waals surface area (Å²) in [5.41, 5.74) is 3.66. The van der Waals surface area contributed by atoms with Gasteiger partial charge < -0.3 is 5.32 Å². The second kappa shape index (κ2) is 7.04. The number of aryl methyl sites for hydroxylation is 1. The summed E-state index contributed by atoms with van der Waals surface area (Å²) < 4.78 is 3.93. The summed E-state index contributed by atoms with van der Waals surface area (Å²) in [4.78, 5) is 0. The van der Waals surface area contributed by atoms with E-state index in [-0.39, 0.29) is 0 Å². The van der Waals surface area contributed by atoms with Crippen molar-refractivity contribution >= 4 is 0 Å². The molecule has 5 nitrogen and oxygen atoms in total. The van der Waals surface area contributed by atoms with Crippen LogP contribution >= 0.6 is 0 Å². The third-order valence-corrected chi connectivity index (χ3v) is 3.48. The SMILES string of the molecule is Cc1cnn(CCNCc2cnn(Cc3ccccc3)c2)c1. The van der Waals surface area contributed by atoms with Gasteiger partial charge in [-0.1, -0.05) is 30.3 Å². The van der Waals surface area contributed by atoms with Crippen LogP contribution in [0.4, 0.5) is 0 Å². The van der Waals surface area contributed by atoms with Gasteiger partial charge >= 0.3 is 0 Å². The maximum Gasteiger partial charge on any atom is 0.0659 e. The molecule has 3 rings (SSSR count). The Morgan fingerprint density at radius 3 is 2.55 bits per heavy atom. The van der Waals surface area contributed by atoms with Gasteiger partial charge in [-0.25, -0.2) is 0 Å². The van der Waals surface area contributed by atoms with Crippen molar-refractivity contribution < 1.29 is 0 Å². The van der Waals surface area contributed by atoms with E-state index in [1.54, 1.807) is 0 Å². The molecule has 0 unspecified atom stereocenters. The minimum atomic E-state index is 0.813.